The Hall–Kier alpha value is -1.13. The van der Waals surface area contributed by atoms with Crippen LogP contribution >= 0.6 is 15.9 Å². The SMILES string of the molecule is Cn1nccc1C(C)(O)Cc1ccc(Br)cc1. The van der Waals surface area contributed by atoms with Crippen LogP contribution in [-0.4, -0.2) is 14.9 Å². The van der Waals surface area contributed by atoms with E-state index < -0.39 is 5.60 Å². The Kier molecular flexibility index (Phi) is 3.35. The maximum Gasteiger partial charge on any atom is 0.107 e. The van der Waals surface area contributed by atoms with Crippen LogP contribution in [0, 0.1) is 0 Å². The van der Waals surface area contributed by atoms with Gasteiger partial charge in [0.2, 0.25) is 0 Å². The van der Waals surface area contributed by atoms with Crippen molar-refractivity contribution >= 4 is 15.9 Å². The van der Waals surface area contributed by atoms with Crippen LogP contribution < -0.4 is 0 Å². The van der Waals surface area contributed by atoms with Gasteiger partial charge in [-0.1, -0.05) is 28.1 Å². The molecule has 1 heterocycles. The maximum atomic E-state index is 10.5. The quantitative estimate of drug-likeness (QED) is 0.945. The number of aryl methyl sites for hydroxylation is 1. The van der Waals surface area contributed by atoms with Gasteiger partial charge < -0.3 is 5.11 Å². The summed E-state index contributed by atoms with van der Waals surface area (Å²) in [6, 6.07) is 9.83. The second kappa shape index (κ2) is 4.63. The summed E-state index contributed by atoms with van der Waals surface area (Å²) in [5, 5.41) is 14.6. The third-order valence-corrected chi connectivity index (χ3v) is 3.36. The molecule has 1 N–H and O–H groups in total. The molecule has 4 heteroatoms. The van der Waals surface area contributed by atoms with E-state index in [2.05, 4.69) is 21.0 Å². The smallest absolute Gasteiger partial charge is 0.107 e. The van der Waals surface area contributed by atoms with Crippen LogP contribution in [0.4, 0.5) is 0 Å². The fourth-order valence-electron chi connectivity index (χ4n) is 1.99. The number of hydrogen-bond donors (Lipinski definition) is 1. The van der Waals surface area contributed by atoms with Crippen molar-refractivity contribution in [2.75, 3.05) is 0 Å². The minimum Gasteiger partial charge on any atom is -0.384 e. The van der Waals surface area contributed by atoms with Crippen LogP contribution in [0.15, 0.2) is 41.0 Å². The molecule has 2 rings (SSSR count). The lowest BCUT2D eigenvalue weighted by Crippen LogP contribution is -2.27. The van der Waals surface area contributed by atoms with Gasteiger partial charge in [-0.3, -0.25) is 4.68 Å². The number of hydrogen-bond acceptors (Lipinski definition) is 2. The fourth-order valence-corrected chi connectivity index (χ4v) is 2.26. The minimum atomic E-state index is -0.904. The Morgan fingerprint density at radius 1 is 1.29 bits per heavy atom. The molecule has 17 heavy (non-hydrogen) atoms. The molecule has 1 atom stereocenters. The summed E-state index contributed by atoms with van der Waals surface area (Å²) in [5.41, 5.74) is 1.01. The van der Waals surface area contributed by atoms with Crippen molar-refractivity contribution in [2.24, 2.45) is 7.05 Å². The van der Waals surface area contributed by atoms with Crippen LogP contribution in [0.3, 0.4) is 0 Å². The number of halogens is 1. The zero-order chi connectivity index (χ0) is 12.5. The molecule has 3 nitrogen and oxygen atoms in total. The van der Waals surface area contributed by atoms with Gasteiger partial charge in [0.1, 0.15) is 5.60 Å². The first-order valence-corrected chi connectivity index (χ1v) is 6.24. The van der Waals surface area contributed by atoms with Crippen molar-refractivity contribution in [2.45, 2.75) is 18.9 Å². The predicted octanol–water partition coefficient (Wildman–Crippen LogP) is 2.63. The second-order valence-corrected chi connectivity index (χ2v) is 5.33. The third-order valence-electron chi connectivity index (χ3n) is 2.83. The van der Waals surface area contributed by atoms with Gasteiger partial charge in [-0.25, -0.2) is 0 Å². The van der Waals surface area contributed by atoms with Crippen molar-refractivity contribution in [3.05, 3.63) is 52.3 Å². The molecule has 0 radical (unpaired) electrons. The van der Waals surface area contributed by atoms with Crippen molar-refractivity contribution in [1.82, 2.24) is 9.78 Å². The molecule has 0 saturated heterocycles. The van der Waals surface area contributed by atoms with Gasteiger partial charge in [0.05, 0.1) is 5.69 Å². The number of benzene rings is 1. The molecular weight excluding hydrogens is 280 g/mol. The van der Waals surface area contributed by atoms with E-state index in [9.17, 15) is 5.11 Å². The Bertz CT molecular complexity index is 502. The number of nitrogens with zero attached hydrogens (tertiary/aromatic N) is 2. The summed E-state index contributed by atoms with van der Waals surface area (Å²) in [4.78, 5) is 0. The lowest BCUT2D eigenvalue weighted by molar-refractivity contribution is 0.0490. The standard InChI is InChI=1S/C13H15BrN2O/c1-13(17,12-7-8-15-16(12)2)9-10-3-5-11(14)6-4-10/h3-8,17H,9H2,1-2H3. The molecule has 90 valence electrons. The molecule has 0 bridgehead atoms. The van der Waals surface area contributed by atoms with Crippen molar-refractivity contribution in [3.63, 3.8) is 0 Å². The normalized spacial score (nSPS) is 14.6. The van der Waals surface area contributed by atoms with Crippen LogP contribution in [0.1, 0.15) is 18.2 Å². The van der Waals surface area contributed by atoms with E-state index in [-0.39, 0.29) is 0 Å². The summed E-state index contributed by atoms with van der Waals surface area (Å²) >= 11 is 3.40. The molecule has 0 aliphatic rings. The highest BCUT2D eigenvalue weighted by atomic mass is 79.9. The second-order valence-electron chi connectivity index (χ2n) is 4.42. The topological polar surface area (TPSA) is 38.0 Å². The van der Waals surface area contributed by atoms with Gasteiger partial charge in [0.25, 0.3) is 0 Å². The maximum absolute atomic E-state index is 10.5. The minimum absolute atomic E-state index is 0.569. The molecule has 1 aromatic carbocycles. The van der Waals surface area contributed by atoms with Gasteiger partial charge in [-0.15, -0.1) is 0 Å². The first-order chi connectivity index (χ1) is 7.99. The molecule has 2 aromatic rings. The summed E-state index contributed by atoms with van der Waals surface area (Å²) in [5.74, 6) is 0. The highest BCUT2D eigenvalue weighted by Gasteiger charge is 2.26. The van der Waals surface area contributed by atoms with E-state index in [0.29, 0.717) is 6.42 Å². The number of rotatable bonds is 3. The lowest BCUT2D eigenvalue weighted by Gasteiger charge is -2.23. The molecule has 1 unspecified atom stereocenters. The Morgan fingerprint density at radius 2 is 1.94 bits per heavy atom. The van der Waals surface area contributed by atoms with Gasteiger partial charge in [0, 0.05) is 24.1 Å². The van der Waals surface area contributed by atoms with E-state index in [1.165, 1.54) is 0 Å². The molecule has 0 spiro atoms. The predicted molar refractivity (Wildman–Crippen MR) is 70.6 cm³/mol. The Balaban J connectivity index is 2.23. The molecule has 0 aliphatic heterocycles. The molecule has 0 aliphatic carbocycles. The summed E-state index contributed by atoms with van der Waals surface area (Å²) in [7, 11) is 1.84. The summed E-state index contributed by atoms with van der Waals surface area (Å²) < 4.78 is 2.75. The zero-order valence-electron chi connectivity index (χ0n) is 9.89. The van der Waals surface area contributed by atoms with Crippen LogP contribution in [-0.2, 0) is 19.1 Å². The monoisotopic (exact) mass is 294 g/mol. The Labute approximate surface area is 109 Å². The highest BCUT2D eigenvalue weighted by molar-refractivity contribution is 9.10. The average molecular weight is 295 g/mol. The molecular formula is C13H15BrN2O. The van der Waals surface area contributed by atoms with E-state index in [1.807, 2.05) is 44.3 Å². The van der Waals surface area contributed by atoms with Crippen molar-refractivity contribution in [1.29, 1.82) is 0 Å². The van der Waals surface area contributed by atoms with E-state index in [0.717, 1.165) is 15.7 Å². The van der Waals surface area contributed by atoms with Crippen LogP contribution in [0.2, 0.25) is 0 Å². The average Bonchev–Trinajstić information content (AvgIpc) is 2.68. The first-order valence-electron chi connectivity index (χ1n) is 5.44. The number of aromatic nitrogens is 2. The fraction of sp³-hybridized carbons (Fsp3) is 0.308. The van der Waals surface area contributed by atoms with Gasteiger partial charge >= 0.3 is 0 Å². The van der Waals surface area contributed by atoms with E-state index in [4.69, 9.17) is 0 Å². The first kappa shape index (κ1) is 12.3. The van der Waals surface area contributed by atoms with Crippen LogP contribution in [0.5, 0.6) is 0 Å². The Morgan fingerprint density at radius 3 is 2.47 bits per heavy atom. The zero-order valence-corrected chi connectivity index (χ0v) is 11.5. The van der Waals surface area contributed by atoms with Crippen molar-refractivity contribution in [3.8, 4) is 0 Å². The van der Waals surface area contributed by atoms with Crippen LogP contribution in [0.25, 0.3) is 0 Å². The molecule has 0 fully saturated rings. The number of aliphatic hydroxyl groups is 1. The third kappa shape index (κ3) is 2.76. The largest absolute Gasteiger partial charge is 0.384 e. The van der Waals surface area contributed by atoms with Gasteiger partial charge in [-0.05, 0) is 30.7 Å². The molecule has 0 amide bonds. The molecule has 0 saturated carbocycles. The van der Waals surface area contributed by atoms with E-state index >= 15 is 0 Å². The van der Waals surface area contributed by atoms with E-state index in [1.54, 1.807) is 10.9 Å². The highest BCUT2D eigenvalue weighted by Crippen LogP contribution is 2.25. The van der Waals surface area contributed by atoms with Gasteiger partial charge in [0.15, 0.2) is 0 Å². The van der Waals surface area contributed by atoms with Gasteiger partial charge in [-0.2, -0.15) is 5.10 Å². The van der Waals surface area contributed by atoms with Crippen molar-refractivity contribution < 1.29 is 5.11 Å². The summed E-state index contributed by atoms with van der Waals surface area (Å²) in [6.45, 7) is 1.81. The summed E-state index contributed by atoms with van der Waals surface area (Å²) in [6.07, 6.45) is 2.27. The molecule has 1 aromatic heterocycles. The lowest BCUT2D eigenvalue weighted by atomic mass is 9.93.